The fourth-order valence-electron chi connectivity index (χ4n) is 2.47. The molecule has 1 atom stereocenters. The molecule has 1 aromatic heterocycles. The zero-order valence-electron chi connectivity index (χ0n) is 10.8. The van der Waals surface area contributed by atoms with Crippen molar-refractivity contribution in [2.24, 2.45) is 0 Å². The molecule has 2 heterocycles. The van der Waals surface area contributed by atoms with E-state index in [1.165, 1.54) is 28.2 Å². The number of benzene rings is 1. The van der Waals surface area contributed by atoms with E-state index in [4.69, 9.17) is 11.6 Å². The standard InChI is InChI=1S/C15H16ClNS2/c1-17-15(10-3-2-4-12(16)7-10)14-8-11-9-18-6-5-13(11)19-14/h2-4,7-8,15,17H,5-6,9H2,1H3. The molecule has 0 aliphatic carbocycles. The summed E-state index contributed by atoms with van der Waals surface area (Å²) in [7, 11) is 2.01. The molecule has 1 nitrogen and oxygen atoms in total. The molecular formula is C15H16ClNS2. The van der Waals surface area contributed by atoms with Crippen LogP contribution in [0.25, 0.3) is 0 Å². The van der Waals surface area contributed by atoms with Gasteiger partial charge in [0.1, 0.15) is 0 Å². The van der Waals surface area contributed by atoms with Gasteiger partial charge in [0.05, 0.1) is 6.04 Å². The fraction of sp³-hybridized carbons (Fsp3) is 0.333. The number of fused-ring (bicyclic) bond motifs is 1. The largest absolute Gasteiger partial charge is 0.309 e. The smallest absolute Gasteiger partial charge is 0.0669 e. The Balaban J connectivity index is 1.96. The van der Waals surface area contributed by atoms with E-state index < -0.39 is 0 Å². The number of aryl methyl sites for hydroxylation is 1. The van der Waals surface area contributed by atoms with Crippen molar-refractivity contribution in [2.45, 2.75) is 18.2 Å². The molecule has 1 aliphatic heterocycles. The number of rotatable bonds is 3. The van der Waals surface area contributed by atoms with E-state index in [1.807, 2.05) is 42.3 Å². The predicted octanol–water partition coefficient (Wildman–Crippen LogP) is 4.50. The molecule has 0 fully saturated rings. The number of hydrogen-bond acceptors (Lipinski definition) is 3. The van der Waals surface area contributed by atoms with Gasteiger partial charge in [0.15, 0.2) is 0 Å². The fourth-order valence-corrected chi connectivity index (χ4v) is 5.19. The van der Waals surface area contributed by atoms with Gasteiger partial charge in [0.2, 0.25) is 0 Å². The molecule has 100 valence electrons. The molecule has 0 amide bonds. The summed E-state index contributed by atoms with van der Waals surface area (Å²) in [6.07, 6.45) is 1.22. The van der Waals surface area contributed by atoms with Crippen LogP contribution in [0.2, 0.25) is 5.02 Å². The Morgan fingerprint density at radius 2 is 2.21 bits per heavy atom. The maximum absolute atomic E-state index is 6.11. The van der Waals surface area contributed by atoms with Gasteiger partial charge in [-0.15, -0.1) is 11.3 Å². The van der Waals surface area contributed by atoms with Crippen molar-refractivity contribution in [3.8, 4) is 0 Å². The summed E-state index contributed by atoms with van der Waals surface area (Å²) >= 11 is 10.1. The number of halogens is 1. The van der Waals surface area contributed by atoms with E-state index >= 15 is 0 Å². The highest BCUT2D eigenvalue weighted by atomic mass is 35.5. The Morgan fingerprint density at radius 1 is 1.32 bits per heavy atom. The topological polar surface area (TPSA) is 12.0 Å². The summed E-state index contributed by atoms with van der Waals surface area (Å²) in [6, 6.07) is 10.8. The summed E-state index contributed by atoms with van der Waals surface area (Å²) in [5, 5.41) is 4.22. The van der Waals surface area contributed by atoms with E-state index in [1.54, 1.807) is 4.88 Å². The molecule has 3 rings (SSSR count). The SMILES string of the molecule is CNC(c1cccc(Cl)c1)c1cc2c(s1)CCSC2. The normalized spacial score (nSPS) is 16.1. The van der Waals surface area contributed by atoms with Crippen LogP contribution in [0.5, 0.6) is 0 Å². The summed E-state index contributed by atoms with van der Waals surface area (Å²) in [6.45, 7) is 0. The zero-order valence-corrected chi connectivity index (χ0v) is 13.2. The lowest BCUT2D eigenvalue weighted by molar-refractivity contribution is 0.703. The molecule has 2 aromatic rings. The van der Waals surface area contributed by atoms with Crippen LogP contribution in [0, 0.1) is 0 Å². The van der Waals surface area contributed by atoms with Crippen molar-refractivity contribution >= 4 is 34.7 Å². The first-order valence-corrected chi connectivity index (χ1v) is 8.75. The maximum atomic E-state index is 6.11. The van der Waals surface area contributed by atoms with Gasteiger partial charge in [-0.1, -0.05) is 23.7 Å². The molecule has 1 unspecified atom stereocenters. The molecule has 4 heteroatoms. The molecule has 1 aliphatic rings. The highest BCUT2D eigenvalue weighted by molar-refractivity contribution is 7.98. The van der Waals surface area contributed by atoms with Crippen LogP contribution in [0.4, 0.5) is 0 Å². The van der Waals surface area contributed by atoms with Gasteiger partial charge in [-0.05, 0) is 48.5 Å². The van der Waals surface area contributed by atoms with Crippen molar-refractivity contribution in [3.05, 3.63) is 56.2 Å². The summed E-state index contributed by atoms with van der Waals surface area (Å²) in [5.41, 5.74) is 2.76. The van der Waals surface area contributed by atoms with Gasteiger partial charge in [-0.25, -0.2) is 0 Å². The molecular weight excluding hydrogens is 294 g/mol. The summed E-state index contributed by atoms with van der Waals surface area (Å²) in [5.74, 6) is 2.42. The minimum Gasteiger partial charge on any atom is -0.309 e. The third-order valence-electron chi connectivity index (χ3n) is 3.40. The molecule has 1 aromatic carbocycles. The van der Waals surface area contributed by atoms with Crippen LogP contribution < -0.4 is 5.32 Å². The Hall–Kier alpha value is -0.480. The number of nitrogens with one attached hydrogen (secondary N) is 1. The lowest BCUT2D eigenvalue weighted by atomic mass is 10.0. The first-order valence-electron chi connectivity index (χ1n) is 6.40. The highest BCUT2D eigenvalue weighted by Gasteiger charge is 2.19. The maximum Gasteiger partial charge on any atom is 0.0669 e. The van der Waals surface area contributed by atoms with Crippen molar-refractivity contribution in [1.29, 1.82) is 0 Å². The third kappa shape index (κ3) is 2.84. The molecule has 1 N–H and O–H groups in total. The van der Waals surface area contributed by atoms with Crippen molar-refractivity contribution in [1.82, 2.24) is 5.32 Å². The Morgan fingerprint density at radius 3 is 2.95 bits per heavy atom. The van der Waals surface area contributed by atoms with Crippen molar-refractivity contribution < 1.29 is 0 Å². The molecule has 0 radical (unpaired) electrons. The van der Waals surface area contributed by atoms with Gasteiger partial charge in [0, 0.05) is 20.5 Å². The average molecular weight is 310 g/mol. The second-order valence-electron chi connectivity index (χ2n) is 4.68. The van der Waals surface area contributed by atoms with Crippen LogP contribution in [0.15, 0.2) is 30.3 Å². The van der Waals surface area contributed by atoms with Gasteiger partial charge < -0.3 is 5.32 Å². The van der Waals surface area contributed by atoms with Crippen LogP contribution in [0.1, 0.15) is 26.9 Å². The Kier molecular flexibility index (Phi) is 4.18. The van der Waals surface area contributed by atoms with Crippen molar-refractivity contribution in [2.75, 3.05) is 12.8 Å². The number of thioether (sulfide) groups is 1. The Bertz CT molecular complexity index is 556. The molecule has 19 heavy (non-hydrogen) atoms. The van der Waals surface area contributed by atoms with Gasteiger partial charge in [-0.2, -0.15) is 11.8 Å². The van der Waals surface area contributed by atoms with Gasteiger partial charge in [-0.3, -0.25) is 0 Å². The lowest BCUT2D eigenvalue weighted by Crippen LogP contribution is -2.16. The quantitative estimate of drug-likeness (QED) is 0.896. The van der Waals surface area contributed by atoms with E-state index in [-0.39, 0.29) is 6.04 Å². The molecule has 0 saturated carbocycles. The highest BCUT2D eigenvalue weighted by Crippen LogP contribution is 2.36. The van der Waals surface area contributed by atoms with Crippen molar-refractivity contribution in [3.63, 3.8) is 0 Å². The number of thiophene rings is 1. The van der Waals surface area contributed by atoms with Crippen LogP contribution in [-0.4, -0.2) is 12.8 Å². The van der Waals surface area contributed by atoms with Crippen LogP contribution in [-0.2, 0) is 12.2 Å². The second kappa shape index (κ2) is 5.88. The van der Waals surface area contributed by atoms with E-state index in [0.717, 1.165) is 10.8 Å². The number of hydrogen-bond donors (Lipinski definition) is 1. The predicted molar refractivity (Wildman–Crippen MR) is 86.5 cm³/mol. The lowest BCUT2D eigenvalue weighted by Gasteiger charge is -2.15. The van der Waals surface area contributed by atoms with Crippen LogP contribution in [0.3, 0.4) is 0 Å². The first-order chi connectivity index (χ1) is 9.28. The third-order valence-corrected chi connectivity index (χ3v) is 5.95. The minimum absolute atomic E-state index is 0.249. The minimum atomic E-state index is 0.249. The van der Waals surface area contributed by atoms with Gasteiger partial charge in [0.25, 0.3) is 0 Å². The van der Waals surface area contributed by atoms with E-state index in [0.29, 0.717) is 0 Å². The Labute approximate surface area is 127 Å². The summed E-state index contributed by atoms with van der Waals surface area (Å²) in [4.78, 5) is 2.97. The van der Waals surface area contributed by atoms with Crippen LogP contribution >= 0.6 is 34.7 Å². The zero-order chi connectivity index (χ0) is 13.2. The molecule has 0 bridgehead atoms. The van der Waals surface area contributed by atoms with E-state index in [9.17, 15) is 0 Å². The molecule has 0 saturated heterocycles. The average Bonchev–Trinajstić information content (AvgIpc) is 2.83. The first kappa shape index (κ1) is 13.5. The van der Waals surface area contributed by atoms with E-state index in [2.05, 4.69) is 23.5 Å². The molecule has 0 spiro atoms. The monoisotopic (exact) mass is 309 g/mol. The second-order valence-corrected chi connectivity index (χ2v) is 7.39. The van der Waals surface area contributed by atoms with Gasteiger partial charge >= 0.3 is 0 Å². The summed E-state index contributed by atoms with van der Waals surface area (Å²) < 4.78 is 0.